The number of hydrogen-bond donors (Lipinski definition) is 1. The van der Waals surface area contributed by atoms with Gasteiger partial charge < -0.3 is 5.11 Å². The van der Waals surface area contributed by atoms with Crippen LogP contribution in [0.25, 0.3) is 11.0 Å². The third kappa shape index (κ3) is 1.79. The second-order valence-electron chi connectivity index (χ2n) is 4.75. The quantitative estimate of drug-likeness (QED) is 0.831. The van der Waals surface area contributed by atoms with Gasteiger partial charge in [0.25, 0.3) is 0 Å². The number of aromatic nitrogens is 3. The Kier molecular flexibility index (Phi) is 2.64. The van der Waals surface area contributed by atoms with Gasteiger partial charge in [-0.3, -0.25) is 0 Å². The molecule has 5 heteroatoms. The van der Waals surface area contributed by atoms with Crippen molar-refractivity contribution in [3.63, 3.8) is 0 Å². The van der Waals surface area contributed by atoms with Gasteiger partial charge in [0.05, 0.1) is 17.5 Å². The lowest BCUT2D eigenvalue weighted by atomic mass is 10.1. The molecule has 0 aromatic carbocycles. The SMILES string of the molecule is CC(C)(C)n1nc(Cl)c2cc(CO)cnc21. The van der Waals surface area contributed by atoms with Gasteiger partial charge in [-0.05, 0) is 32.4 Å². The van der Waals surface area contributed by atoms with Gasteiger partial charge in [-0.1, -0.05) is 11.6 Å². The third-order valence-corrected chi connectivity index (χ3v) is 2.63. The van der Waals surface area contributed by atoms with Crippen LogP contribution >= 0.6 is 11.6 Å². The summed E-state index contributed by atoms with van der Waals surface area (Å²) in [6.45, 7) is 6.08. The molecule has 16 heavy (non-hydrogen) atoms. The fraction of sp³-hybridized carbons (Fsp3) is 0.455. The summed E-state index contributed by atoms with van der Waals surface area (Å²) in [6, 6.07) is 1.82. The Morgan fingerprint density at radius 3 is 2.69 bits per heavy atom. The van der Waals surface area contributed by atoms with Crippen LogP contribution in [0.2, 0.25) is 5.15 Å². The van der Waals surface area contributed by atoms with Gasteiger partial charge in [-0.25, -0.2) is 9.67 Å². The van der Waals surface area contributed by atoms with E-state index < -0.39 is 0 Å². The third-order valence-electron chi connectivity index (χ3n) is 2.35. The van der Waals surface area contributed by atoms with Crippen molar-refractivity contribution in [3.8, 4) is 0 Å². The Morgan fingerprint density at radius 2 is 2.12 bits per heavy atom. The topological polar surface area (TPSA) is 50.9 Å². The van der Waals surface area contributed by atoms with Gasteiger partial charge in [0, 0.05) is 6.20 Å². The molecular weight excluding hydrogens is 226 g/mol. The zero-order valence-electron chi connectivity index (χ0n) is 9.53. The van der Waals surface area contributed by atoms with Crippen LogP contribution < -0.4 is 0 Å². The lowest BCUT2D eigenvalue weighted by molar-refractivity contribution is 0.281. The maximum absolute atomic E-state index is 9.04. The molecule has 0 fully saturated rings. The summed E-state index contributed by atoms with van der Waals surface area (Å²) in [6.07, 6.45) is 1.64. The predicted molar refractivity (Wildman–Crippen MR) is 63.5 cm³/mol. The molecule has 0 radical (unpaired) electrons. The predicted octanol–water partition coefficient (Wildman–Crippen LogP) is 2.33. The zero-order valence-corrected chi connectivity index (χ0v) is 10.3. The van der Waals surface area contributed by atoms with Crippen molar-refractivity contribution in [2.45, 2.75) is 32.9 Å². The summed E-state index contributed by atoms with van der Waals surface area (Å²) in [5.74, 6) is 0. The summed E-state index contributed by atoms with van der Waals surface area (Å²) in [4.78, 5) is 4.30. The highest BCUT2D eigenvalue weighted by Gasteiger charge is 2.20. The first-order valence-corrected chi connectivity index (χ1v) is 5.46. The number of halogens is 1. The van der Waals surface area contributed by atoms with Crippen LogP contribution in [0.4, 0.5) is 0 Å². The highest BCUT2D eigenvalue weighted by Crippen LogP contribution is 2.26. The first kappa shape index (κ1) is 11.4. The largest absolute Gasteiger partial charge is 0.392 e. The molecule has 0 spiro atoms. The average molecular weight is 240 g/mol. The van der Waals surface area contributed by atoms with Crippen LogP contribution in [0.1, 0.15) is 26.3 Å². The molecule has 4 nitrogen and oxygen atoms in total. The standard InChI is InChI=1S/C11H14ClN3O/c1-11(2,3)15-10-8(9(12)14-15)4-7(6-16)5-13-10/h4-5,16H,6H2,1-3H3. The van der Waals surface area contributed by atoms with Crippen LogP contribution in [0.15, 0.2) is 12.3 Å². The van der Waals surface area contributed by atoms with Crippen molar-refractivity contribution < 1.29 is 5.11 Å². The summed E-state index contributed by atoms with van der Waals surface area (Å²) < 4.78 is 1.80. The Labute approximate surface area is 98.9 Å². The molecule has 0 aliphatic rings. The molecule has 0 bridgehead atoms. The highest BCUT2D eigenvalue weighted by atomic mass is 35.5. The van der Waals surface area contributed by atoms with E-state index in [1.807, 2.05) is 26.8 Å². The van der Waals surface area contributed by atoms with E-state index in [1.165, 1.54) is 0 Å². The Morgan fingerprint density at radius 1 is 1.44 bits per heavy atom. The first-order chi connectivity index (χ1) is 7.43. The molecule has 0 unspecified atom stereocenters. The van der Waals surface area contributed by atoms with Gasteiger partial charge in [-0.2, -0.15) is 5.10 Å². The number of aliphatic hydroxyl groups is 1. The van der Waals surface area contributed by atoms with Gasteiger partial charge in [0.2, 0.25) is 0 Å². The van der Waals surface area contributed by atoms with Crippen molar-refractivity contribution in [3.05, 3.63) is 23.0 Å². The molecule has 2 heterocycles. The van der Waals surface area contributed by atoms with Crippen molar-refractivity contribution in [1.82, 2.24) is 14.8 Å². The maximum Gasteiger partial charge on any atom is 0.160 e. The van der Waals surface area contributed by atoms with Crippen LogP contribution in [-0.2, 0) is 12.1 Å². The summed E-state index contributed by atoms with van der Waals surface area (Å²) >= 11 is 6.06. The van der Waals surface area contributed by atoms with Crippen LogP contribution in [0, 0.1) is 0 Å². The number of nitrogens with zero attached hydrogens (tertiary/aromatic N) is 3. The molecule has 0 atom stereocenters. The number of rotatable bonds is 1. The highest BCUT2D eigenvalue weighted by molar-refractivity contribution is 6.34. The van der Waals surface area contributed by atoms with E-state index in [9.17, 15) is 0 Å². The van der Waals surface area contributed by atoms with Crippen LogP contribution in [-0.4, -0.2) is 19.9 Å². The Balaban J connectivity index is 2.72. The van der Waals surface area contributed by atoms with Gasteiger partial charge >= 0.3 is 0 Å². The molecular formula is C11H14ClN3O. The summed E-state index contributed by atoms with van der Waals surface area (Å²) in [7, 11) is 0. The van der Waals surface area contributed by atoms with Crippen molar-refractivity contribution in [2.24, 2.45) is 0 Å². The van der Waals surface area contributed by atoms with E-state index in [0.29, 0.717) is 5.15 Å². The van der Waals surface area contributed by atoms with E-state index in [0.717, 1.165) is 16.6 Å². The molecule has 2 aromatic rings. The van der Waals surface area contributed by atoms with Crippen LogP contribution in [0.3, 0.4) is 0 Å². The second kappa shape index (κ2) is 3.71. The van der Waals surface area contributed by atoms with Crippen LogP contribution in [0.5, 0.6) is 0 Å². The number of fused-ring (bicyclic) bond motifs is 1. The molecule has 0 aliphatic heterocycles. The second-order valence-corrected chi connectivity index (χ2v) is 5.10. The van der Waals surface area contributed by atoms with Crippen molar-refractivity contribution >= 4 is 22.6 Å². The van der Waals surface area contributed by atoms with E-state index in [2.05, 4.69) is 10.1 Å². The number of aliphatic hydroxyl groups excluding tert-OH is 1. The molecule has 2 aromatic heterocycles. The smallest absolute Gasteiger partial charge is 0.160 e. The minimum absolute atomic E-state index is 0.0417. The Bertz CT molecular complexity index is 528. The van der Waals surface area contributed by atoms with Gasteiger partial charge in [-0.15, -0.1) is 0 Å². The van der Waals surface area contributed by atoms with E-state index in [-0.39, 0.29) is 12.1 Å². The number of pyridine rings is 1. The molecule has 0 aliphatic carbocycles. The number of hydrogen-bond acceptors (Lipinski definition) is 3. The molecule has 2 rings (SSSR count). The van der Waals surface area contributed by atoms with E-state index in [1.54, 1.807) is 10.9 Å². The molecule has 0 saturated heterocycles. The van der Waals surface area contributed by atoms with Crippen molar-refractivity contribution in [2.75, 3.05) is 0 Å². The normalized spacial score (nSPS) is 12.3. The fourth-order valence-electron chi connectivity index (χ4n) is 1.56. The maximum atomic E-state index is 9.04. The minimum atomic E-state index is -0.168. The first-order valence-electron chi connectivity index (χ1n) is 5.08. The molecule has 0 amide bonds. The van der Waals surface area contributed by atoms with Crippen molar-refractivity contribution in [1.29, 1.82) is 0 Å². The fourth-order valence-corrected chi connectivity index (χ4v) is 1.78. The monoisotopic (exact) mass is 239 g/mol. The average Bonchev–Trinajstić information content (AvgIpc) is 2.55. The summed E-state index contributed by atoms with van der Waals surface area (Å²) in [5.41, 5.74) is 1.32. The van der Waals surface area contributed by atoms with Gasteiger partial charge in [0.1, 0.15) is 0 Å². The van der Waals surface area contributed by atoms with Gasteiger partial charge in [0.15, 0.2) is 10.8 Å². The minimum Gasteiger partial charge on any atom is -0.392 e. The lowest BCUT2D eigenvalue weighted by Gasteiger charge is -2.19. The van der Waals surface area contributed by atoms with E-state index in [4.69, 9.17) is 16.7 Å². The summed E-state index contributed by atoms with van der Waals surface area (Å²) in [5, 5.41) is 14.5. The Hall–Kier alpha value is -1.13. The molecule has 1 N–H and O–H groups in total. The molecule has 0 saturated carbocycles. The lowest BCUT2D eigenvalue weighted by Crippen LogP contribution is -2.23. The zero-order chi connectivity index (χ0) is 11.9. The molecule has 86 valence electrons. The van der Waals surface area contributed by atoms with E-state index >= 15 is 0 Å².